The summed E-state index contributed by atoms with van der Waals surface area (Å²) < 4.78 is 23.5. The number of rotatable bonds is 1. The second kappa shape index (κ2) is 3.20. The van der Waals surface area contributed by atoms with Gasteiger partial charge >= 0.3 is 0 Å². The van der Waals surface area contributed by atoms with Gasteiger partial charge < -0.3 is 4.57 Å². The number of hydrogen-bond donors (Lipinski definition) is 0. The molecule has 0 radical (unpaired) electrons. The summed E-state index contributed by atoms with van der Waals surface area (Å²) in [7, 11) is 2.94. The molecule has 14 heavy (non-hydrogen) atoms. The van der Waals surface area contributed by atoms with E-state index in [-0.39, 0.29) is 10.6 Å². The zero-order valence-corrected chi connectivity index (χ0v) is 10.0. The van der Waals surface area contributed by atoms with Gasteiger partial charge in [-0.25, -0.2) is 8.42 Å². The van der Waals surface area contributed by atoms with Crippen LogP contribution in [0, 0.1) is 0 Å². The quantitative estimate of drug-likeness (QED) is 0.685. The maximum absolute atomic E-state index is 11.0. The topological polar surface area (TPSA) is 64.8 Å². The zero-order valence-electron chi connectivity index (χ0n) is 8.44. The van der Waals surface area contributed by atoms with Crippen LogP contribution in [0.3, 0.4) is 0 Å². The number of nitrogens with zero attached hydrogens (tertiary/aromatic N) is 3. The minimum absolute atomic E-state index is 0.218. The Hall–Kier alpha value is -0.620. The van der Waals surface area contributed by atoms with Gasteiger partial charge in [-0.3, -0.25) is 0 Å². The van der Waals surface area contributed by atoms with E-state index in [1.54, 1.807) is 7.05 Å². The number of halogens is 1. The second-order valence-electron chi connectivity index (χ2n) is 4.05. The molecular formula is C7H12ClN3O2S. The first-order chi connectivity index (χ1) is 6.14. The molecule has 1 heterocycles. The van der Waals surface area contributed by atoms with Crippen molar-refractivity contribution in [3.8, 4) is 0 Å². The summed E-state index contributed by atoms with van der Waals surface area (Å²) in [5, 5.41) is 7.13. The van der Waals surface area contributed by atoms with Crippen LogP contribution in [0.4, 0.5) is 0 Å². The van der Waals surface area contributed by atoms with Crippen LogP contribution in [0.5, 0.6) is 0 Å². The molecule has 5 nitrogen and oxygen atoms in total. The predicted octanol–water partition coefficient (Wildman–Crippen LogP) is 1.04. The van der Waals surface area contributed by atoms with Crippen molar-refractivity contribution in [3.05, 3.63) is 5.82 Å². The Morgan fingerprint density at radius 1 is 1.29 bits per heavy atom. The smallest absolute Gasteiger partial charge is 0.296 e. The molecule has 0 amide bonds. The van der Waals surface area contributed by atoms with Crippen LogP contribution >= 0.6 is 10.7 Å². The lowest BCUT2D eigenvalue weighted by Gasteiger charge is -2.16. The van der Waals surface area contributed by atoms with Gasteiger partial charge in [-0.15, -0.1) is 10.2 Å². The summed E-state index contributed by atoms with van der Waals surface area (Å²) in [6.07, 6.45) is 0. The third kappa shape index (κ3) is 2.06. The molecular weight excluding hydrogens is 226 g/mol. The average molecular weight is 238 g/mol. The Morgan fingerprint density at radius 2 is 1.79 bits per heavy atom. The summed E-state index contributed by atoms with van der Waals surface area (Å²) in [6.45, 7) is 5.75. The van der Waals surface area contributed by atoms with Gasteiger partial charge in [-0.1, -0.05) is 20.8 Å². The van der Waals surface area contributed by atoms with Crippen molar-refractivity contribution in [2.45, 2.75) is 31.3 Å². The Labute approximate surface area is 87.5 Å². The summed E-state index contributed by atoms with van der Waals surface area (Å²) in [5.41, 5.74) is -0.262. The third-order valence-electron chi connectivity index (χ3n) is 1.72. The predicted molar refractivity (Wildman–Crippen MR) is 52.7 cm³/mol. The molecule has 0 fully saturated rings. The van der Waals surface area contributed by atoms with Gasteiger partial charge in [0.05, 0.1) is 0 Å². The van der Waals surface area contributed by atoms with E-state index in [9.17, 15) is 8.42 Å². The highest BCUT2D eigenvalue weighted by Crippen LogP contribution is 2.22. The van der Waals surface area contributed by atoms with Crippen LogP contribution < -0.4 is 0 Å². The van der Waals surface area contributed by atoms with Crippen LogP contribution in [-0.2, 0) is 21.5 Å². The van der Waals surface area contributed by atoms with Gasteiger partial charge in [0.2, 0.25) is 0 Å². The molecule has 1 aromatic heterocycles. The Morgan fingerprint density at radius 3 is 2.00 bits per heavy atom. The summed E-state index contributed by atoms with van der Waals surface area (Å²) in [4.78, 5) is 0. The monoisotopic (exact) mass is 237 g/mol. The highest BCUT2D eigenvalue weighted by molar-refractivity contribution is 8.13. The van der Waals surface area contributed by atoms with E-state index in [0.717, 1.165) is 0 Å². The van der Waals surface area contributed by atoms with Crippen LogP contribution in [0.1, 0.15) is 26.6 Å². The van der Waals surface area contributed by atoms with Crippen LogP contribution in [0.2, 0.25) is 0 Å². The van der Waals surface area contributed by atoms with Crippen molar-refractivity contribution in [3.63, 3.8) is 0 Å². The van der Waals surface area contributed by atoms with Gasteiger partial charge in [-0.05, 0) is 0 Å². The van der Waals surface area contributed by atoms with Gasteiger partial charge in [0.1, 0.15) is 5.82 Å². The van der Waals surface area contributed by atoms with E-state index in [2.05, 4.69) is 10.2 Å². The van der Waals surface area contributed by atoms with E-state index in [4.69, 9.17) is 10.7 Å². The molecule has 7 heteroatoms. The van der Waals surface area contributed by atoms with Crippen molar-refractivity contribution in [1.82, 2.24) is 14.8 Å². The molecule has 0 saturated heterocycles. The molecule has 1 aromatic rings. The van der Waals surface area contributed by atoms with Gasteiger partial charge in [0.15, 0.2) is 0 Å². The fourth-order valence-electron chi connectivity index (χ4n) is 1.18. The molecule has 0 unspecified atom stereocenters. The lowest BCUT2D eigenvalue weighted by Crippen LogP contribution is -2.18. The average Bonchev–Trinajstić information content (AvgIpc) is 2.26. The number of aromatic nitrogens is 3. The van der Waals surface area contributed by atoms with Crippen molar-refractivity contribution in [2.24, 2.45) is 7.05 Å². The zero-order chi connectivity index (χ0) is 11.1. The molecule has 0 spiro atoms. The van der Waals surface area contributed by atoms with Gasteiger partial charge in [-0.2, -0.15) is 0 Å². The van der Waals surface area contributed by atoms with Crippen LogP contribution in [0.25, 0.3) is 0 Å². The van der Waals surface area contributed by atoms with Crippen molar-refractivity contribution >= 4 is 19.7 Å². The van der Waals surface area contributed by atoms with E-state index in [0.29, 0.717) is 5.82 Å². The van der Waals surface area contributed by atoms with E-state index in [1.807, 2.05) is 20.8 Å². The molecule has 0 N–H and O–H groups in total. The first-order valence-corrected chi connectivity index (χ1v) is 6.29. The van der Waals surface area contributed by atoms with Gasteiger partial charge in [0, 0.05) is 23.1 Å². The van der Waals surface area contributed by atoms with Crippen molar-refractivity contribution < 1.29 is 8.42 Å². The fraction of sp³-hybridized carbons (Fsp3) is 0.714. The molecule has 80 valence electrons. The molecule has 0 aliphatic heterocycles. The third-order valence-corrected chi connectivity index (χ3v) is 2.93. The molecule has 0 aliphatic rings. The Bertz CT molecular complexity index is 444. The molecule has 0 saturated carbocycles. The largest absolute Gasteiger partial charge is 0.304 e. The summed E-state index contributed by atoms with van der Waals surface area (Å²) >= 11 is 0. The van der Waals surface area contributed by atoms with Crippen LogP contribution in [0.15, 0.2) is 5.16 Å². The van der Waals surface area contributed by atoms with E-state index < -0.39 is 9.05 Å². The van der Waals surface area contributed by atoms with Crippen LogP contribution in [-0.4, -0.2) is 23.2 Å². The molecule has 0 aromatic carbocycles. The Kier molecular flexibility index (Phi) is 2.62. The fourth-order valence-corrected chi connectivity index (χ4v) is 2.14. The maximum atomic E-state index is 11.0. The standard InChI is InChI=1S/C7H12ClN3O2S/c1-7(2,3)5-9-10-6(11(5)4)14(8,12)13/h1-4H3. The second-order valence-corrected chi connectivity index (χ2v) is 6.51. The van der Waals surface area contributed by atoms with Gasteiger partial charge in [0.25, 0.3) is 14.2 Å². The summed E-state index contributed by atoms with van der Waals surface area (Å²) in [5.74, 6) is 0.580. The minimum atomic E-state index is -3.81. The normalized spacial score (nSPS) is 13.2. The first kappa shape index (κ1) is 11.5. The maximum Gasteiger partial charge on any atom is 0.296 e. The Balaban J connectivity index is 3.37. The van der Waals surface area contributed by atoms with Crippen molar-refractivity contribution in [2.75, 3.05) is 0 Å². The van der Waals surface area contributed by atoms with E-state index in [1.165, 1.54) is 4.57 Å². The van der Waals surface area contributed by atoms with E-state index >= 15 is 0 Å². The first-order valence-electron chi connectivity index (χ1n) is 3.98. The lowest BCUT2D eigenvalue weighted by atomic mass is 9.96. The molecule has 0 bridgehead atoms. The highest BCUT2D eigenvalue weighted by atomic mass is 35.7. The molecule has 0 aliphatic carbocycles. The van der Waals surface area contributed by atoms with Crippen molar-refractivity contribution in [1.29, 1.82) is 0 Å². The minimum Gasteiger partial charge on any atom is -0.304 e. The molecule has 0 atom stereocenters. The highest BCUT2D eigenvalue weighted by Gasteiger charge is 2.26. The molecule has 1 rings (SSSR count). The lowest BCUT2D eigenvalue weighted by molar-refractivity contribution is 0.510. The summed E-state index contributed by atoms with van der Waals surface area (Å²) in [6, 6.07) is 0. The SMILES string of the molecule is Cn1c(C(C)(C)C)nnc1S(=O)(=O)Cl. The number of hydrogen-bond acceptors (Lipinski definition) is 4.